The molecule has 1 N–H and O–H groups in total. The number of rotatable bonds is 3. The zero-order valence-electron chi connectivity index (χ0n) is 52.8. The Balaban J connectivity index is 0.000000114. The molecule has 8 heterocycles. The van der Waals surface area contributed by atoms with Gasteiger partial charge in [0.1, 0.15) is 11.4 Å². The highest BCUT2D eigenvalue weighted by Crippen LogP contribution is 2.46. The Bertz CT molecular complexity index is 6560. The second-order valence-electron chi connectivity index (χ2n) is 21.3. The molecule has 396 valence electrons. The van der Waals surface area contributed by atoms with Crippen LogP contribution in [0.2, 0.25) is 5.15 Å². The molecule has 0 saturated carbocycles. The SMILES string of the molecule is [2H]c1c([2H])c([2H])c2nc(-c3ccccc3)c(Cl)nc2c1[2H].[2H]c1c([2H])c([2H])c2nc(-n3c4cccc5c6cccc7c8ccccc8n(c8cccc3c8c54)c67)c(-c3ccccc3)nc2c1[2H].c1cc2[nH]c3cccc4c3c2c(c1)c1cccc2c3ccccc3n4c12. The number of H-pyrrole nitrogens is 1. The van der Waals surface area contributed by atoms with Gasteiger partial charge in [-0.25, -0.2) is 19.9 Å². The molecule has 0 aliphatic carbocycles. The van der Waals surface area contributed by atoms with Gasteiger partial charge in [0.15, 0.2) is 11.0 Å². The van der Waals surface area contributed by atoms with Crippen molar-refractivity contribution in [3.05, 3.63) is 272 Å². The zero-order valence-corrected chi connectivity index (χ0v) is 45.5. The normalized spacial score (nSPS) is 13.4. The molecule has 0 fully saturated rings. The summed E-state index contributed by atoms with van der Waals surface area (Å²) in [5.41, 5.74) is 14.5. The van der Waals surface area contributed by atoms with E-state index in [-0.39, 0.29) is 75.6 Å². The second kappa shape index (κ2) is 18.4. The Morgan fingerprint density at radius 3 is 1.32 bits per heavy atom. The maximum atomic E-state index is 8.75. The van der Waals surface area contributed by atoms with Gasteiger partial charge in [-0.15, -0.1) is 0 Å². The predicted molar refractivity (Wildman–Crippen MR) is 354 cm³/mol. The van der Waals surface area contributed by atoms with Crippen LogP contribution in [0.4, 0.5) is 0 Å². The first-order valence-electron chi connectivity index (χ1n) is 31.9. The third-order valence-corrected chi connectivity index (χ3v) is 17.0. The smallest absolute Gasteiger partial charge is 0.165 e. The van der Waals surface area contributed by atoms with Crippen LogP contribution in [0.5, 0.6) is 0 Å². The number of hydrogen-bond donors (Lipinski definition) is 1. The Hall–Kier alpha value is -11.2. The van der Waals surface area contributed by atoms with Crippen molar-refractivity contribution in [1.82, 2.24) is 38.3 Å². The highest BCUT2D eigenvalue weighted by atomic mass is 35.5. The Kier molecular flexibility index (Phi) is 8.68. The maximum absolute atomic E-state index is 8.75. The van der Waals surface area contributed by atoms with Crippen molar-refractivity contribution in [3.8, 4) is 28.3 Å². The fraction of sp³-hybridized carbons (Fsp3) is 0. The summed E-state index contributed by atoms with van der Waals surface area (Å²) in [7, 11) is 0. The summed E-state index contributed by atoms with van der Waals surface area (Å²) in [6, 6.07) is 73.1. The third-order valence-electron chi connectivity index (χ3n) is 16.8. The van der Waals surface area contributed by atoms with Crippen LogP contribution in [0.25, 0.3) is 170 Å². The molecule has 85 heavy (non-hydrogen) atoms. The van der Waals surface area contributed by atoms with E-state index >= 15 is 0 Å². The number of nitrogens with zero attached hydrogens (tertiary/aromatic N) is 7. The van der Waals surface area contributed by atoms with Crippen molar-refractivity contribution in [2.45, 2.75) is 0 Å². The molecule has 12 aromatic carbocycles. The second-order valence-corrected chi connectivity index (χ2v) is 21.6. The molecule has 0 bridgehead atoms. The maximum Gasteiger partial charge on any atom is 0.165 e. The Morgan fingerprint density at radius 2 is 0.706 bits per heavy atom. The fourth-order valence-corrected chi connectivity index (χ4v) is 13.6. The molecule has 0 radical (unpaired) electrons. The lowest BCUT2D eigenvalue weighted by Crippen LogP contribution is -2.03. The fourth-order valence-electron chi connectivity index (χ4n) is 13.4. The lowest BCUT2D eigenvalue weighted by Gasteiger charge is -2.14. The van der Waals surface area contributed by atoms with Gasteiger partial charge in [-0.2, -0.15) is 0 Å². The third kappa shape index (κ3) is 6.97. The highest BCUT2D eigenvalue weighted by Gasteiger charge is 2.25. The molecule has 0 saturated heterocycles. The Labute approximate surface area is 500 Å². The molecular formula is C76H45ClN8. The van der Waals surface area contributed by atoms with Crippen molar-refractivity contribution >= 4 is 153 Å². The standard InChI is InChI=1S/C38H22N4.C24H14N2.C14H9ClN2/c1-2-11-23(12-3-1)36-38(40-29-18-6-5-17-28(29)39-36)42-31-20-9-14-25-27-16-8-15-26-24-13-4-7-19-30(24)41(37(26)27)32-21-10-22-33(42)35(32)34(25)31;1-2-12-20-14(6-1)16-8-3-9-17-15-7-4-10-18-22(15)23-19(25-18)11-5-13-21(23)26(20)24(16)17;15-14-13(10-6-2-1-3-7-10)16-11-8-4-5-9-12(11)17-14/h1-22H;1-13,25H;1-9H/i5D,6D,17D,18D;;4D,5D,8D,9D. The van der Waals surface area contributed by atoms with Gasteiger partial charge in [0.25, 0.3) is 0 Å². The molecule has 0 aliphatic rings. The topological polar surface area (TPSA) is 81.1 Å². The first kappa shape index (κ1) is 40.1. The number of aromatic amines is 1. The number of benzene rings is 12. The molecule has 0 aliphatic heterocycles. The first-order valence-corrected chi connectivity index (χ1v) is 28.3. The number of fused-ring (bicyclic) bond motifs is 12. The molecule has 8 nitrogen and oxygen atoms in total. The van der Waals surface area contributed by atoms with Crippen LogP contribution in [0, 0.1) is 0 Å². The summed E-state index contributed by atoms with van der Waals surface area (Å²) in [5, 5.41) is 14.9. The number of aromatic nitrogens is 8. The van der Waals surface area contributed by atoms with Crippen molar-refractivity contribution in [3.63, 3.8) is 0 Å². The predicted octanol–water partition coefficient (Wildman–Crippen LogP) is 20.0. The molecule has 9 heteroatoms. The van der Waals surface area contributed by atoms with Gasteiger partial charge >= 0.3 is 0 Å². The monoisotopic (exact) mass is 1110 g/mol. The van der Waals surface area contributed by atoms with E-state index in [0.29, 0.717) is 17.2 Å². The van der Waals surface area contributed by atoms with Gasteiger partial charge < -0.3 is 13.8 Å². The number of hydrogen-bond acceptors (Lipinski definition) is 4. The molecule has 0 amide bonds. The minimum atomic E-state index is -0.342. The van der Waals surface area contributed by atoms with Gasteiger partial charge in [0, 0.05) is 76.0 Å². The van der Waals surface area contributed by atoms with Crippen molar-refractivity contribution in [1.29, 1.82) is 0 Å². The Morgan fingerprint density at radius 1 is 0.318 bits per heavy atom. The van der Waals surface area contributed by atoms with Crippen LogP contribution in [0.3, 0.4) is 0 Å². The highest BCUT2D eigenvalue weighted by molar-refractivity contribution is 6.33. The van der Waals surface area contributed by atoms with E-state index < -0.39 is 0 Å². The average molecular weight is 1110 g/mol. The lowest BCUT2D eigenvalue weighted by atomic mass is 10.0. The zero-order chi connectivity index (χ0) is 62.8. The van der Waals surface area contributed by atoms with E-state index in [1.54, 1.807) is 0 Å². The van der Waals surface area contributed by atoms with Crippen LogP contribution in [-0.2, 0) is 0 Å². The summed E-state index contributed by atoms with van der Waals surface area (Å²) >= 11 is 6.13. The van der Waals surface area contributed by atoms with Gasteiger partial charge in [0.05, 0.1) is 77.2 Å². The van der Waals surface area contributed by atoms with Crippen molar-refractivity contribution < 1.29 is 11.0 Å². The summed E-state index contributed by atoms with van der Waals surface area (Å²) in [4.78, 5) is 22.0. The van der Waals surface area contributed by atoms with E-state index in [9.17, 15) is 0 Å². The minimum absolute atomic E-state index is 0.0747. The van der Waals surface area contributed by atoms with Crippen molar-refractivity contribution in [2.75, 3.05) is 0 Å². The molecule has 20 rings (SSSR count). The summed E-state index contributed by atoms with van der Waals surface area (Å²) in [6.45, 7) is 0. The molecular weight excluding hydrogens is 1060 g/mol. The largest absolute Gasteiger partial charge is 0.354 e. The quantitative estimate of drug-likeness (QED) is 0.191. The van der Waals surface area contributed by atoms with E-state index in [2.05, 4.69) is 186 Å². The summed E-state index contributed by atoms with van der Waals surface area (Å²) < 4.78 is 72.2. The van der Waals surface area contributed by atoms with Gasteiger partial charge in [-0.3, -0.25) is 4.57 Å². The van der Waals surface area contributed by atoms with Crippen LogP contribution in [-0.4, -0.2) is 38.3 Å². The van der Waals surface area contributed by atoms with Crippen LogP contribution in [0.1, 0.15) is 11.0 Å². The molecule has 0 unspecified atom stereocenters. The van der Waals surface area contributed by atoms with E-state index in [4.69, 9.17) is 32.5 Å². The summed E-state index contributed by atoms with van der Waals surface area (Å²) in [6.07, 6.45) is 0. The van der Waals surface area contributed by atoms with Gasteiger partial charge in [-0.1, -0.05) is 206 Å². The van der Waals surface area contributed by atoms with E-state index in [1.165, 1.54) is 76.2 Å². The summed E-state index contributed by atoms with van der Waals surface area (Å²) in [5.74, 6) is 0.509. The number of halogens is 1. The van der Waals surface area contributed by atoms with Gasteiger partial charge in [-0.05, 0) is 83.5 Å². The van der Waals surface area contributed by atoms with E-state index in [1.807, 2.05) is 60.7 Å². The van der Waals surface area contributed by atoms with Crippen LogP contribution in [0.15, 0.2) is 267 Å². The van der Waals surface area contributed by atoms with Gasteiger partial charge in [0.2, 0.25) is 0 Å². The molecule has 20 aromatic rings. The van der Waals surface area contributed by atoms with Crippen LogP contribution < -0.4 is 0 Å². The number of para-hydroxylation sites is 8. The van der Waals surface area contributed by atoms with E-state index in [0.717, 1.165) is 54.7 Å². The van der Waals surface area contributed by atoms with Crippen LogP contribution >= 0.6 is 11.6 Å². The molecule has 0 spiro atoms. The number of nitrogens with one attached hydrogen (secondary N) is 1. The molecule has 8 aromatic heterocycles. The lowest BCUT2D eigenvalue weighted by molar-refractivity contribution is 1.08. The first-order chi connectivity index (χ1) is 45.4. The molecule has 0 atom stereocenters. The average Bonchev–Trinajstić information content (AvgIpc) is 1.55. The minimum Gasteiger partial charge on any atom is -0.354 e. The van der Waals surface area contributed by atoms with Crippen molar-refractivity contribution in [2.24, 2.45) is 0 Å².